The number of benzene rings is 2. The van der Waals surface area contributed by atoms with Crippen molar-refractivity contribution in [2.24, 2.45) is 0 Å². The van der Waals surface area contributed by atoms with Crippen molar-refractivity contribution in [2.45, 2.75) is 19.9 Å². The van der Waals surface area contributed by atoms with Crippen LogP contribution in [0.15, 0.2) is 60.5 Å². The van der Waals surface area contributed by atoms with Crippen molar-refractivity contribution >= 4 is 11.9 Å². The molecule has 0 saturated carbocycles. The Morgan fingerprint density at radius 2 is 2.03 bits per heavy atom. The number of ketones is 1. The quantitative estimate of drug-likeness (QED) is 0.561. The zero-order chi connectivity index (χ0) is 22.1. The van der Waals surface area contributed by atoms with Gasteiger partial charge < -0.3 is 14.2 Å². The maximum absolute atomic E-state index is 13.1. The Kier molecular flexibility index (Phi) is 5.37. The van der Waals surface area contributed by atoms with Crippen LogP contribution >= 0.6 is 0 Å². The third-order valence-electron chi connectivity index (χ3n) is 5.83. The average Bonchev–Trinajstić information content (AvgIpc) is 3.15. The molecule has 0 N–H and O–H groups in total. The summed E-state index contributed by atoms with van der Waals surface area (Å²) in [5, 5.41) is 0. The van der Waals surface area contributed by atoms with E-state index in [2.05, 4.69) is 22.0 Å². The van der Waals surface area contributed by atoms with E-state index in [1.54, 1.807) is 19.4 Å². The Bertz CT molecular complexity index is 1190. The van der Waals surface area contributed by atoms with Crippen LogP contribution in [0, 0.1) is 6.92 Å². The lowest BCUT2D eigenvalue weighted by Gasteiger charge is -2.30. The van der Waals surface area contributed by atoms with E-state index < -0.39 is 0 Å². The molecule has 2 aromatic carbocycles. The summed E-state index contributed by atoms with van der Waals surface area (Å²) in [4.78, 5) is 19.6. The van der Waals surface area contributed by atoms with Crippen molar-refractivity contribution in [1.29, 1.82) is 0 Å². The normalized spacial score (nSPS) is 16.3. The van der Waals surface area contributed by atoms with Gasteiger partial charge in [-0.1, -0.05) is 18.2 Å². The van der Waals surface area contributed by atoms with Gasteiger partial charge in [-0.05, 0) is 54.8 Å². The van der Waals surface area contributed by atoms with Crippen molar-refractivity contribution in [3.05, 3.63) is 88.4 Å². The minimum Gasteiger partial charge on any atom is -0.497 e. The van der Waals surface area contributed by atoms with Crippen molar-refractivity contribution in [2.75, 3.05) is 20.4 Å². The van der Waals surface area contributed by atoms with Gasteiger partial charge in [0.25, 0.3) is 0 Å². The third kappa shape index (κ3) is 3.85. The number of Topliss-reactive ketones (excluding diaryl/α,β-unsaturated/α-hetero) is 1. The molecule has 1 aromatic heterocycles. The average molecular weight is 428 g/mol. The Balaban J connectivity index is 1.37. The number of nitrogens with zero attached hydrogens (tertiary/aromatic N) is 2. The number of hydrogen-bond donors (Lipinski definition) is 0. The van der Waals surface area contributed by atoms with Crippen LogP contribution in [0.2, 0.25) is 0 Å². The zero-order valence-electron chi connectivity index (χ0n) is 18.1. The number of aryl methyl sites for hydroxylation is 1. The summed E-state index contributed by atoms with van der Waals surface area (Å²) < 4.78 is 17.4. The number of fused-ring (bicyclic) bond motifs is 3. The summed E-state index contributed by atoms with van der Waals surface area (Å²) in [7, 11) is 1.67. The lowest BCUT2D eigenvalue weighted by molar-refractivity contribution is 0.0949. The first-order valence-corrected chi connectivity index (χ1v) is 10.6. The van der Waals surface area contributed by atoms with Crippen molar-refractivity contribution < 1.29 is 19.0 Å². The van der Waals surface area contributed by atoms with Crippen molar-refractivity contribution in [3.8, 4) is 17.2 Å². The van der Waals surface area contributed by atoms with Gasteiger partial charge in [0.15, 0.2) is 5.76 Å². The Labute approximate surface area is 187 Å². The fourth-order valence-electron chi connectivity index (χ4n) is 4.09. The maximum atomic E-state index is 13.1. The SMILES string of the molecule is COc1ccc(CCN2COc3cc(C)c4c(c3C2)O/C(=C/c2ccccn2)C4=O)cc1. The number of ether oxygens (including phenoxy) is 3. The van der Waals surface area contributed by atoms with E-state index >= 15 is 0 Å². The lowest BCUT2D eigenvalue weighted by atomic mass is 9.98. The van der Waals surface area contributed by atoms with Gasteiger partial charge in [-0.15, -0.1) is 0 Å². The van der Waals surface area contributed by atoms with Crippen LogP contribution in [0.3, 0.4) is 0 Å². The van der Waals surface area contributed by atoms with Crippen LogP contribution in [0.25, 0.3) is 6.08 Å². The molecular weight excluding hydrogens is 404 g/mol. The van der Waals surface area contributed by atoms with Crippen LogP contribution in [0.5, 0.6) is 17.2 Å². The number of methoxy groups -OCH3 is 1. The van der Waals surface area contributed by atoms with E-state index in [9.17, 15) is 4.79 Å². The second-order valence-corrected chi connectivity index (χ2v) is 7.99. The van der Waals surface area contributed by atoms with Crippen LogP contribution in [0.4, 0.5) is 0 Å². The molecule has 162 valence electrons. The van der Waals surface area contributed by atoms with E-state index in [1.807, 2.05) is 43.3 Å². The minimum absolute atomic E-state index is 0.110. The van der Waals surface area contributed by atoms with E-state index in [-0.39, 0.29) is 5.78 Å². The topological polar surface area (TPSA) is 60.9 Å². The van der Waals surface area contributed by atoms with Crippen LogP contribution in [-0.4, -0.2) is 36.1 Å². The number of rotatable bonds is 5. The standard InChI is InChI=1S/C26H24N2O4/c1-17-13-22-21(15-28(16-31-22)12-10-18-6-8-20(30-2)9-7-18)26-24(17)25(29)23(32-26)14-19-5-3-4-11-27-19/h3-9,11,13-14H,10,12,15-16H2,1-2H3/b23-14+. The van der Waals surface area contributed by atoms with Gasteiger partial charge in [-0.25, -0.2) is 0 Å². The highest BCUT2D eigenvalue weighted by atomic mass is 16.5. The molecule has 0 saturated heterocycles. The molecule has 2 aliphatic rings. The van der Waals surface area contributed by atoms with Gasteiger partial charge in [-0.3, -0.25) is 14.7 Å². The van der Waals surface area contributed by atoms with Crippen LogP contribution < -0.4 is 14.2 Å². The number of carbonyl (C=O) groups excluding carboxylic acids is 1. The summed E-state index contributed by atoms with van der Waals surface area (Å²) in [6.07, 6.45) is 4.28. The van der Waals surface area contributed by atoms with Gasteiger partial charge in [0.1, 0.15) is 24.0 Å². The number of hydrogen-bond acceptors (Lipinski definition) is 6. The fraction of sp³-hybridized carbons (Fsp3) is 0.231. The molecule has 0 atom stereocenters. The van der Waals surface area contributed by atoms with Crippen molar-refractivity contribution in [1.82, 2.24) is 9.88 Å². The predicted molar refractivity (Wildman–Crippen MR) is 121 cm³/mol. The van der Waals surface area contributed by atoms with Gasteiger partial charge in [0, 0.05) is 25.4 Å². The second-order valence-electron chi connectivity index (χ2n) is 7.99. The monoisotopic (exact) mass is 428 g/mol. The number of carbonyl (C=O) groups is 1. The molecule has 0 amide bonds. The Morgan fingerprint density at radius 1 is 1.19 bits per heavy atom. The maximum Gasteiger partial charge on any atom is 0.232 e. The Morgan fingerprint density at radius 3 is 2.78 bits per heavy atom. The molecule has 3 heterocycles. The number of pyridine rings is 1. The highest BCUT2D eigenvalue weighted by Crippen LogP contribution is 2.44. The summed E-state index contributed by atoms with van der Waals surface area (Å²) in [6, 6.07) is 15.6. The van der Waals surface area contributed by atoms with Gasteiger partial charge in [0.05, 0.1) is 23.9 Å². The molecule has 5 rings (SSSR count). The molecule has 0 aliphatic carbocycles. The highest BCUT2D eigenvalue weighted by Gasteiger charge is 2.35. The summed E-state index contributed by atoms with van der Waals surface area (Å²) >= 11 is 0. The number of allylic oxidation sites excluding steroid dienone is 1. The predicted octanol–water partition coefficient (Wildman–Crippen LogP) is 4.41. The largest absolute Gasteiger partial charge is 0.497 e. The van der Waals surface area contributed by atoms with E-state index in [1.165, 1.54) is 5.56 Å². The van der Waals surface area contributed by atoms with Crippen molar-refractivity contribution in [3.63, 3.8) is 0 Å². The summed E-state index contributed by atoms with van der Waals surface area (Å²) in [5.41, 5.74) is 4.32. The second kappa shape index (κ2) is 8.48. The first-order valence-electron chi connectivity index (χ1n) is 10.6. The smallest absolute Gasteiger partial charge is 0.232 e. The molecule has 6 nitrogen and oxygen atoms in total. The first kappa shape index (κ1) is 20.3. The lowest BCUT2D eigenvalue weighted by Crippen LogP contribution is -2.33. The molecule has 0 radical (unpaired) electrons. The molecule has 0 spiro atoms. The van der Waals surface area contributed by atoms with Crippen LogP contribution in [-0.2, 0) is 13.0 Å². The molecule has 0 unspecified atom stereocenters. The summed E-state index contributed by atoms with van der Waals surface area (Å²) in [5.74, 6) is 2.44. The molecule has 3 aromatic rings. The van der Waals surface area contributed by atoms with E-state index in [0.717, 1.165) is 35.6 Å². The zero-order valence-corrected chi connectivity index (χ0v) is 18.1. The molecule has 32 heavy (non-hydrogen) atoms. The van der Waals surface area contributed by atoms with Gasteiger partial charge in [0.2, 0.25) is 5.78 Å². The number of aromatic nitrogens is 1. The van der Waals surface area contributed by atoms with E-state index in [4.69, 9.17) is 14.2 Å². The molecule has 2 aliphatic heterocycles. The molecule has 0 fully saturated rings. The van der Waals surface area contributed by atoms with Gasteiger partial charge in [-0.2, -0.15) is 0 Å². The molecular formula is C26H24N2O4. The first-order chi connectivity index (χ1) is 15.6. The fourth-order valence-corrected chi connectivity index (χ4v) is 4.09. The van der Waals surface area contributed by atoms with Crippen LogP contribution in [0.1, 0.15) is 32.7 Å². The summed E-state index contributed by atoms with van der Waals surface area (Å²) in [6.45, 7) is 3.92. The third-order valence-corrected chi connectivity index (χ3v) is 5.83. The Hall–Kier alpha value is -3.64. The minimum atomic E-state index is -0.110. The highest BCUT2D eigenvalue weighted by molar-refractivity contribution is 6.15. The van der Waals surface area contributed by atoms with E-state index in [0.29, 0.717) is 36.0 Å². The van der Waals surface area contributed by atoms with Gasteiger partial charge >= 0.3 is 0 Å². The molecule has 6 heteroatoms. The molecule has 0 bridgehead atoms.